The standard InChI is InChI=1S/C49H58F3N5O6SSi/c1-30(61-10)40-34(22-17-25-53-40)41-36(28-49(8,9)29-62-65(48(5,6)7,32-18-13-11-14-19-32)33-20-15-12-16-21-33)35-26-31(23-24-38(35)57(41)43(52)42(50)51)44-55-39(56-64-44)27-37(45(58)59)54-46(60)63-47(2,3)4/h11-26,30,37,42-43H,27-29H2,1-10H3,(H,54,60)(H,58,59)/t30-,37?,43?/m0/s1. The number of methoxy groups -OCH3 is 1. The Balaban J connectivity index is 1.50. The van der Waals surface area contributed by atoms with Crippen molar-refractivity contribution in [3.8, 4) is 21.8 Å². The summed E-state index contributed by atoms with van der Waals surface area (Å²) in [5, 5.41) is 15.1. The van der Waals surface area contributed by atoms with E-state index in [1.165, 1.54) is 7.11 Å². The van der Waals surface area contributed by atoms with Crippen molar-refractivity contribution in [2.24, 2.45) is 5.41 Å². The fraction of sp³-hybridized carbons (Fsp3) is 0.408. The molecule has 0 aliphatic rings. The molecule has 65 heavy (non-hydrogen) atoms. The number of carbonyl (C=O) groups is 2. The van der Waals surface area contributed by atoms with Crippen molar-refractivity contribution in [1.29, 1.82) is 0 Å². The molecular formula is C49H58F3N5O6SSi. The van der Waals surface area contributed by atoms with E-state index in [2.05, 4.69) is 78.5 Å². The molecular weight excluding hydrogens is 872 g/mol. The normalized spacial score (nSPS) is 14.1. The lowest BCUT2D eigenvalue weighted by molar-refractivity contribution is -0.139. The van der Waals surface area contributed by atoms with Crippen LogP contribution < -0.4 is 15.7 Å². The zero-order valence-electron chi connectivity index (χ0n) is 38.5. The number of aromatic nitrogens is 4. The molecule has 16 heteroatoms. The number of hydrogen-bond acceptors (Lipinski definition) is 9. The number of halogens is 3. The summed E-state index contributed by atoms with van der Waals surface area (Å²) in [6.07, 6.45) is -5.96. The van der Waals surface area contributed by atoms with E-state index in [0.29, 0.717) is 32.8 Å². The van der Waals surface area contributed by atoms with Gasteiger partial charge in [-0.25, -0.2) is 27.7 Å². The lowest BCUT2D eigenvalue weighted by Crippen LogP contribution is -2.67. The van der Waals surface area contributed by atoms with Gasteiger partial charge in [-0.3, -0.25) is 4.98 Å². The molecule has 0 aliphatic carbocycles. The first-order chi connectivity index (χ1) is 30.6. The summed E-state index contributed by atoms with van der Waals surface area (Å²) in [5.74, 6) is -1.14. The summed E-state index contributed by atoms with van der Waals surface area (Å²) >= 11 is 1.01. The highest BCUT2D eigenvalue weighted by atomic mass is 32.1. The van der Waals surface area contributed by atoms with Crippen LogP contribution in [0.4, 0.5) is 18.0 Å². The Morgan fingerprint density at radius 1 is 0.892 bits per heavy atom. The second-order valence-electron chi connectivity index (χ2n) is 19.0. The molecule has 3 aromatic carbocycles. The van der Waals surface area contributed by atoms with Gasteiger partial charge in [0.15, 0.2) is 0 Å². The Morgan fingerprint density at radius 3 is 2.08 bits per heavy atom. The molecule has 0 saturated heterocycles. The molecule has 11 nitrogen and oxygen atoms in total. The Hall–Kier alpha value is -5.42. The second kappa shape index (κ2) is 19.6. The van der Waals surface area contributed by atoms with Gasteiger partial charge in [0, 0.05) is 42.8 Å². The molecule has 6 rings (SSSR count). The number of carboxylic acid groups (broad SMARTS) is 1. The van der Waals surface area contributed by atoms with Crippen LogP contribution in [0.15, 0.2) is 97.2 Å². The van der Waals surface area contributed by atoms with Crippen molar-refractivity contribution in [1.82, 2.24) is 24.2 Å². The van der Waals surface area contributed by atoms with Crippen molar-refractivity contribution in [3.63, 3.8) is 0 Å². The highest BCUT2D eigenvalue weighted by molar-refractivity contribution is 7.09. The lowest BCUT2D eigenvalue weighted by atomic mass is 9.84. The van der Waals surface area contributed by atoms with Crippen LogP contribution in [0.3, 0.4) is 0 Å². The fourth-order valence-corrected chi connectivity index (χ4v) is 13.7. The van der Waals surface area contributed by atoms with E-state index >= 15 is 4.39 Å². The highest BCUT2D eigenvalue weighted by Gasteiger charge is 2.51. The third kappa shape index (κ3) is 10.8. The third-order valence-electron chi connectivity index (χ3n) is 11.2. The maximum Gasteiger partial charge on any atom is 0.408 e. The number of fused-ring (bicyclic) bond motifs is 1. The number of carboxylic acids is 1. The Kier molecular flexibility index (Phi) is 14.8. The molecule has 0 fully saturated rings. The van der Waals surface area contributed by atoms with Crippen molar-refractivity contribution in [3.05, 3.63) is 114 Å². The maximum absolute atomic E-state index is 16.4. The first-order valence-electron chi connectivity index (χ1n) is 21.4. The molecule has 2 N–H and O–H groups in total. The molecule has 2 unspecified atom stereocenters. The number of alkyl carbamates (subject to hydrolysis) is 1. The summed E-state index contributed by atoms with van der Waals surface area (Å²) in [7, 11) is -1.50. The van der Waals surface area contributed by atoms with Gasteiger partial charge in [0.1, 0.15) is 22.5 Å². The zero-order valence-corrected chi connectivity index (χ0v) is 40.3. The average molecular weight is 930 g/mol. The van der Waals surface area contributed by atoms with Gasteiger partial charge in [-0.05, 0) is 102 Å². The summed E-state index contributed by atoms with van der Waals surface area (Å²) < 4.78 is 70.0. The van der Waals surface area contributed by atoms with Gasteiger partial charge >= 0.3 is 12.1 Å². The number of amides is 1. The molecule has 3 aromatic heterocycles. The molecule has 0 aliphatic heterocycles. The minimum absolute atomic E-state index is 0.156. The van der Waals surface area contributed by atoms with Gasteiger partial charge in [-0.1, -0.05) is 95.3 Å². The summed E-state index contributed by atoms with van der Waals surface area (Å²) in [6.45, 7) is 17.8. The van der Waals surface area contributed by atoms with Crippen LogP contribution in [0.2, 0.25) is 5.04 Å². The minimum Gasteiger partial charge on any atom is -0.480 e. The highest BCUT2D eigenvalue weighted by Crippen LogP contribution is 2.45. The Bertz CT molecular complexity index is 2550. The molecule has 3 heterocycles. The number of rotatable bonds is 17. The first-order valence-corrected chi connectivity index (χ1v) is 24.1. The van der Waals surface area contributed by atoms with Crippen molar-refractivity contribution < 1.29 is 41.8 Å². The molecule has 0 spiro atoms. The van der Waals surface area contributed by atoms with Crippen LogP contribution in [0.25, 0.3) is 32.7 Å². The van der Waals surface area contributed by atoms with Crippen molar-refractivity contribution in [2.75, 3.05) is 13.7 Å². The summed E-state index contributed by atoms with van der Waals surface area (Å²) in [6, 6.07) is 27.6. The van der Waals surface area contributed by atoms with Gasteiger partial charge in [0.25, 0.3) is 14.7 Å². The second-order valence-corrected chi connectivity index (χ2v) is 24.1. The smallest absolute Gasteiger partial charge is 0.408 e. The lowest BCUT2D eigenvalue weighted by Gasteiger charge is -2.44. The van der Waals surface area contributed by atoms with Gasteiger partial charge in [0.05, 0.1) is 23.0 Å². The number of aliphatic carboxylic acids is 1. The SMILES string of the molecule is CO[C@@H](C)c1ncccc1-c1c(CC(C)(C)CO[Si](c2ccccc2)(c2ccccc2)C(C)(C)C)c2cc(-c3nc(CC(NC(=O)OC(C)(C)C)C(=O)O)ns3)ccc2n1C(F)C(F)F. The minimum atomic E-state index is -3.37. The van der Waals surface area contributed by atoms with Crippen LogP contribution in [0.1, 0.15) is 91.8 Å². The molecule has 0 bridgehead atoms. The monoisotopic (exact) mass is 929 g/mol. The third-order valence-corrected chi connectivity index (χ3v) is 17.0. The van der Waals surface area contributed by atoms with E-state index in [9.17, 15) is 23.5 Å². The maximum atomic E-state index is 16.4. The van der Waals surface area contributed by atoms with E-state index in [0.717, 1.165) is 26.5 Å². The fourth-order valence-electron chi connectivity index (χ4n) is 8.29. The van der Waals surface area contributed by atoms with E-state index in [-0.39, 0.29) is 41.5 Å². The number of pyridine rings is 1. The van der Waals surface area contributed by atoms with Crippen LogP contribution in [0, 0.1) is 5.41 Å². The van der Waals surface area contributed by atoms with E-state index < -0.39 is 56.3 Å². The van der Waals surface area contributed by atoms with E-state index in [1.54, 1.807) is 64.2 Å². The number of carbonyl (C=O) groups excluding carboxylic acids is 1. The Morgan fingerprint density at radius 2 is 1.52 bits per heavy atom. The zero-order chi connectivity index (χ0) is 47.5. The molecule has 6 aromatic rings. The van der Waals surface area contributed by atoms with Crippen LogP contribution in [-0.4, -0.2) is 76.2 Å². The number of nitrogens with zero attached hydrogens (tertiary/aromatic N) is 4. The van der Waals surface area contributed by atoms with E-state index in [1.807, 2.05) is 36.4 Å². The predicted octanol–water partition coefficient (Wildman–Crippen LogP) is 10.3. The van der Waals surface area contributed by atoms with Crippen LogP contribution >= 0.6 is 11.5 Å². The van der Waals surface area contributed by atoms with Crippen molar-refractivity contribution in [2.45, 2.75) is 111 Å². The number of alkyl halides is 3. The van der Waals surface area contributed by atoms with Gasteiger partial charge in [-0.2, -0.15) is 4.37 Å². The van der Waals surface area contributed by atoms with Gasteiger partial charge in [0.2, 0.25) is 6.30 Å². The quantitative estimate of drug-likeness (QED) is 0.0857. The van der Waals surface area contributed by atoms with Gasteiger partial charge < -0.3 is 28.9 Å². The van der Waals surface area contributed by atoms with E-state index in [4.69, 9.17) is 13.9 Å². The molecule has 346 valence electrons. The molecule has 1 amide bonds. The topological polar surface area (TPSA) is 138 Å². The van der Waals surface area contributed by atoms with Crippen molar-refractivity contribution >= 4 is 53.2 Å². The molecule has 3 atom stereocenters. The largest absolute Gasteiger partial charge is 0.480 e. The summed E-state index contributed by atoms with van der Waals surface area (Å²) in [5.41, 5.74) is 0.977. The summed E-state index contributed by atoms with van der Waals surface area (Å²) in [4.78, 5) is 33.9. The number of ether oxygens (including phenoxy) is 2. The van der Waals surface area contributed by atoms with Gasteiger partial charge in [-0.15, -0.1) is 0 Å². The van der Waals surface area contributed by atoms with Crippen LogP contribution in [-0.2, 0) is 31.5 Å². The first kappa shape index (κ1) is 49.0. The number of benzene rings is 3. The number of nitrogens with one attached hydrogen (secondary N) is 1. The average Bonchev–Trinajstić information content (AvgIpc) is 3.84. The molecule has 0 saturated carbocycles. The Labute approximate surface area is 383 Å². The van der Waals surface area contributed by atoms with Crippen LogP contribution in [0.5, 0.6) is 0 Å². The molecule has 0 radical (unpaired) electrons. The predicted molar refractivity (Wildman–Crippen MR) is 251 cm³/mol. The number of hydrogen-bond donors (Lipinski definition) is 2.